The third kappa shape index (κ3) is 2.40. The lowest BCUT2D eigenvalue weighted by atomic mass is 10.1. The van der Waals surface area contributed by atoms with Gasteiger partial charge < -0.3 is 5.32 Å². The zero-order chi connectivity index (χ0) is 11.8. The summed E-state index contributed by atoms with van der Waals surface area (Å²) in [5, 5.41) is 2.90. The molecule has 3 heteroatoms. The first-order chi connectivity index (χ1) is 7.50. The number of benzene rings is 1. The molecule has 1 fully saturated rings. The number of carbonyl (C=O) groups excluding carboxylic acids is 1. The van der Waals surface area contributed by atoms with Gasteiger partial charge in [0.1, 0.15) is 5.82 Å². The maximum atomic E-state index is 12.9. The van der Waals surface area contributed by atoms with Crippen molar-refractivity contribution in [2.24, 2.45) is 5.41 Å². The van der Waals surface area contributed by atoms with Crippen molar-refractivity contribution in [2.45, 2.75) is 26.7 Å². The van der Waals surface area contributed by atoms with E-state index in [0.29, 0.717) is 23.1 Å². The maximum Gasteiger partial charge on any atom is 0.251 e. The molecule has 1 aliphatic rings. The Morgan fingerprint density at radius 1 is 1.50 bits per heavy atom. The first-order valence-corrected chi connectivity index (χ1v) is 5.55. The van der Waals surface area contributed by atoms with Crippen LogP contribution in [0.15, 0.2) is 18.2 Å². The molecule has 0 aliphatic heterocycles. The number of amides is 1. The van der Waals surface area contributed by atoms with Gasteiger partial charge >= 0.3 is 0 Å². The van der Waals surface area contributed by atoms with Crippen molar-refractivity contribution >= 4 is 5.91 Å². The summed E-state index contributed by atoms with van der Waals surface area (Å²) in [6.45, 7) is 4.62. The highest BCUT2D eigenvalue weighted by atomic mass is 19.1. The van der Waals surface area contributed by atoms with Crippen LogP contribution in [0.1, 0.15) is 35.7 Å². The average Bonchev–Trinajstić information content (AvgIpc) is 2.94. The number of nitrogens with one attached hydrogen (secondary N) is 1. The van der Waals surface area contributed by atoms with Gasteiger partial charge in [0.2, 0.25) is 0 Å². The highest BCUT2D eigenvalue weighted by molar-refractivity contribution is 5.95. The standard InChI is InChI=1S/C13H16FNO/c1-9-7-10(14)3-4-11(9)12(16)15-8-13(2)5-6-13/h3-4,7H,5-6,8H2,1-2H3,(H,15,16). The summed E-state index contributed by atoms with van der Waals surface area (Å²) < 4.78 is 12.9. The number of carbonyl (C=O) groups is 1. The van der Waals surface area contributed by atoms with Crippen molar-refractivity contribution < 1.29 is 9.18 Å². The molecule has 0 spiro atoms. The summed E-state index contributed by atoms with van der Waals surface area (Å²) in [6, 6.07) is 4.24. The summed E-state index contributed by atoms with van der Waals surface area (Å²) >= 11 is 0. The van der Waals surface area contributed by atoms with E-state index in [1.54, 1.807) is 6.92 Å². The van der Waals surface area contributed by atoms with E-state index < -0.39 is 0 Å². The van der Waals surface area contributed by atoms with Gasteiger partial charge in [0.25, 0.3) is 5.91 Å². The lowest BCUT2D eigenvalue weighted by Crippen LogP contribution is -2.29. The van der Waals surface area contributed by atoms with Gasteiger partial charge in [-0.05, 0) is 48.9 Å². The lowest BCUT2D eigenvalue weighted by Gasteiger charge is -2.11. The van der Waals surface area contributed by atoms with Crippen LogP contribution < -0.4 is 5.32 Å². The van der Waals surface area contributed by atoms with Gasteiger partial charge in [-0.1, -0.05) is 6.92 Å². The summed E-state index contributed by atoms with van der Waals surface area (Å²) in [5.41, 5.74) is 1.54. The van der Waals surface area contributed by atoms with E-state index in [1.165, 1.54) is 31.0 Å². The van der Waals surface area contributed by atoms with Crippen molar-refractivity contribution in [1.82, 2.24) is 5.32 Å². The first-order valence-electron chi connectivity index (χ1n) is 5.55. The Morgan fingerprint density at radius 2 is 2.19 bits per heavy atom. The van der Waals surface area contributed by atoms with Crippen molar-refractivity contribution in [1.29, 1.82) is 0 Å². The van der Waals surface area contributed by atoms with Crippen LogP contribution in [0.3, 0.4) is 0 Å². The third-order valence-electron chi connectivity index (χ3n) is 3.21. The predicted molar refractivity (Wildman–Crippen MR) is 60.8 cm³/mol. The largest absolute Gasteiger partial charge is 0.351 e. The van der Waals surface area contributed by atoms with Crippen LogP contribution in [0, 0.1) is 18.2 Å². The van der Waals surface area contributed by atoms with E-state index in [0.717, 1.165) is 0 Å². The molecular weight excluding hydrogens is 205 g/mol. The van der Waals surface area contributed by atoms with E-state index in [9.17, 15) is 9.18 Å². The molecule has 0 bridgehead atoms. The molecule has 1 amide bonds. The van der Waals surface area contributed by atoms with Crippen LogP contribution in [0.2, 0.25) is 0 Å². The zero-order valence-electron chi connectivity index (χ0n) is 9.64. The second-order valence-electron chi connectivity index (χ2n) is 4.95. The quantitative estimate of drug-likeness (QED) is 0.835. The second-order valence-corrected chi connectivity index (χ2v) is 4.95. The highest BCUT2D eigenvalue weighted by Gasteiger charge is 2.37. The van der Waals surface area contributed by atoms with Gasteiger partial charge in [-0.2, -0.15) is 0 Å². The molecule has 1 saturated carbocycles. The molecule has 2 nitrogen and oxygen atoms in total. The summed E-state index contributed by atoms with van der Waals surface area (Å²) in [5.74, 6) is -0.408. The molecule has 1 aromatic carbocycles. The molecule has 16 heavy (non-hydrogen) atoms. The van der Waals surface area contributed by atoms with Crippen LogP contribution >= 0.6 is 0 Å². The normalized spacial score (nSPS) is 16.9. The average molecular weight is 221 g/mol. The van der Waals surface area contributed by atoms with Crippen LogP contribution in [-0.2, 0) is 0 Å². The monoisotopic (exact) mass is 221 g/mol. The van der Waals surface area contributed by atoms with E-state index in [1.807, 2.05) is 0 Å². The molecule has 0 saturated heterocycles. The Balaban J connectivity index is 2.02. The second kappa shape index (κ2) is 3.89. The van der Waals surface area contributed by atoms with Crippen LogP contribution in [0.4, 0.5) is 4.39 Å². The molecular formula is C13H16FNO. The van der Waals surface area contributed by atoms with Gasteiger partial charge in [-0.15, -0.1) is 0 Å². The van der Waals surface area contributed by atoms with Crippen molar-refractivity contribution in [3.05, 3.63) is 35.1 Å². The van der Waals surface area contributed by atoms with Crippen molar-refractivity contribution in [3.63, 3.8) is 0 Å². The Bertz CT molecular complexity index is 424. The van der Waals surface area contributed by atoms with Gasteiger partial charge in [0.15, 0.2) is 0 Å². The third-order valence-corrected chi connectivity index (χ3v) is 3.21. The van der Waals surface area contributed by atoms with Crippen LogP contribution in [0.25, 0.3) is 0 Å². The molecule has 86 valence electrons. The predicted octanol–water partition coefficient (Wildman–Crippen LogP) is 2.66. The Labute approximate surface area is 94.9 Å². The van der Waals surface area contributed by atoms with Gasteiger partial charge in [-0.3, -0.25) is 4.79 Å². The summed E-state index contributed by atoms with van der Waals surface area (Å²) in [6.07, 6.45) is 2.35. The van der Waals surface area contributed by atoms with Crippen molar-refractivity contribution in [3.8, 4) is 0 Å². The molecule has 0 radical (unpaired) electrons. The topological polar surface area (TPSA) is 29.1 Å². The fourth-order valence-corrected chi connectivity index (χ4v) is 1.66. The van der Waals surface area contributed by atoms with Crippen LogP contribution in [0.5, 0.6) is 0 Å². The van der Waals surface area contributed by atoms with E-state index >= 15 is 0 Å². The van der Waals surface area contributed by atoms with Crippen LogP contribution in [-0.4, -0.2) is 12.5 Å². The minimum Gasteiger partial charge on any atom is -0.351 e. The molecule has 0 unspecified atom stereocenters. The van der Waals surface area contributed by atoms with Crippen molar-refractivity contribution in [2.75, 3.05) is 6.54 Å². The SMILES string of the molecule is Cc1cc(F)ccc1C(=O)NCC1(C)CC1. The summed E-state index contributed by atoms with van der Waals surface area (Å²) in [7, 11) is 0. The number of hydrogen-bond donors (Lipinski definition) is 1. The number of hydrogen-bond acceptors (Lipinski definition) is 1. The Hall–Kier alpha value is -1.38. The molecule has 1 aromatic rings. The number of aryl methyl sites for hydroxylation is 1. The van der Waals surface area contributed by atoms with Gasteiger partial charge in [0, 0.05) is 12.1 Å². The van der Waals surface area contributed by atoms with E-state index in [-0.39, 0.29) is 11.7 Å². The van der Waals surface area contributed by atoms with E-state index in [2.05, 4.69) is 12.2 Å². The fourth-order valence-electron chi connectivity index (χ4n) is 1.66. The Morgan fingerprint density at radius 3 is 2.75 bits per heavy atom. The molecule has 1 aliphatic carbocycles. The van der Waals surface area contributed by atoms with Gasteiger partial charge in [-0.25, -0.2) is 4.39 Å². The minimum atomic E-state index is -0.303. The number of rotatable bonds is 3. The minimum absolute atomic E-state index is 0.106. The molecule has 0 atom stereocenters. The first kappa shape index (κ1) is 11.1. The van der Waals surface area contributed by atoms with E-state index in [4.69, 9.17) is 0 Å². The zero-order valence-corrected chi connectivity index (χ0v) is 9.64. The summed E-state index contributed by atoms with van der Waals surface area (Å²) in [4.78, 5) is 11.8. The van der Waals surface area contributed by atoms with Gasteiger partial charge in [0.05, 0.1) is 0 Å². The fraction of sp³-hybridized carbons (Fsp3) is 0.462. The number of halogens is 1. The Kier molecular flexibility index (Phi) is 2.70. The lowest BCUT2D eigenvalue weighted by molar-refractivity contribution is 0.0945. The molecule has 1 N–H and O–H groups in total. The molecule has 2 rings (SSSR count). The smallest absolute Gasteiger partial charge is 0.251 e. The molecule has 0 heterocycles. The maximum absolute atomic E-state index is 12.9. The highest BCUT2D eigenvalue weighted by Crippen LogP contribution is 2.44. The molecule has 0 aromatic heterocycles.